The summed E-state index contributed by atoms with van der Waals surface area (Å²) < 4.78 is 0. The molecule has 0 saturated carbocycles. The van der Waals surface area contributed by atoms with Crippen molar-refractivity contribution in [2.24, 2.45) is 11.1 Å². The topological polar surface area (TPSA) is 96.2 Å². The molecule has 0 atom stereocenters. The molecule has 0 unspecified atom stereocenters. The van der Waals surface area contributed by atoms with E-state index in [2.05, 4.69) is 22.9 Å². The lowest BCUT2D eigenvalue weighted by Crippen LogP contribution is -2.42. The van der Waals surface area contributed by atoms with Gasteiger partial charge >= 0.3 is 6.03 Å². The summed E-state index contributed by atoms with van der Waals surface area (Å²) in [5.74, 6) is -0.136. The molecule has 0 spiro atoms. The number of benzene rings is 1. The van der Waals surface area contributed by atoms with E-state index in [9.17, 15) is 9.59 Å². The lowest BCUT2D eigenvalue weighted by atomic mass is 9.81. The number of carbonyl (C=O) groups is 2. The van der Waals surface area contributed by atoms with Crippen LogP contribution >= 0.6 is 12.4 Å². The minimum atomic E-state index is -0.644. The van der Waals surface area contributed by atoms with Gasteiger partial charge in [-0.3, -0.25) is 4.79 Å². The van der Waals surface area contributed by atoms with Gasteiger partial charge in [0.05, 0.1) is 0 Å². The van der Waals surface area contributed by atoms with Gasteiger partial charge in [0.2, 0.25) is 0 Å². The average Bonchev–Trinajstić information content (AvgIpc) is 2.45. The molecule has 1 heterocycles. The Morgan fingerprint density at radius 1 is 1.32 bits per heavy atom. The fourth-order valence-electron chi connectivity index (χ4n) is 2.48. The van der Waals surface area contributed by atoms with Gasteiger partial charge in [-0.15, -0.1) is 12.4 Å². The second-order valence-corrected chi connectivity index (χ2v) is 5.81. The van der Waals surface area contributed by atoms with E-state index in [1.807, 2.05) is 0 Å². The number of rotatable bonds is 4. The first-order valence-corrected chi connectivity index (χ1v) is 7.14. The molecule has 0 aliphatic carbocycles. The molecule has 1 aromatic rings. The van der Waals surface area contributed by atoms with Gasteiger partial charge in [0.25, 0.3) is 5.91 Å². The SMILES string of the molecule is CC1(CNC(=O)c2cccc(NC(N)=O)c2)CCNCC1.Cl. The second kappa shape index (κ2) is 8.00. The van der Waals surface area contributed by atoms with Gasteiger partial charge in [-0.2, -0.15) is 0 Å². The number of carbonyl (C=O) groups excluding carboxylic acids is 2. The Balaban J connectivity index is 0.00000242. The van der Waals surface area contributed by atoms with Crippen molar-refractivity contribution in [3.05, 3.63) is 29.8 Å². The van der Waals surface area contributed by atoms with Gasteiger partial charge < -0.3 is 21.7 Å². The number of primary amides is 1. The minimum absolute atomic E-state index is 0. The minimum Gasteiger partial charge on any atom is -0.351 e. The monoisotopic (exact) mass is 326 g/mol. The zero-order chi connectivity index (χ0) is 15.3. The zero-order valence-electron chi connectivity index (χ0n) is 12.6. The predicted molar refractivity (Wildman–Crippen MR) is 89.4 cm³/mol. The van der Waals surface area contributed by atoms with Crippen LogP contribution in [0, 0.1) is 5.41 Å². The van der Waals surface area contributed by atoms with Gasteiger partial charge in [-0.05, 0) is 49.5 Å². The molecule has 1 aliphatic rings. The third-order valence-electron chi connectivity index (χ3n) is 3.88. The molecule has 122 valence electrons. The molecule has 5 N–H and O–H groups in total. The van der Waals surface area contributed by atoms with E-state index >= 15 is 0 Å². The largest absolute Gasteiger partial charge is 0.351 e. The fourth-order valence-corrected chi connectivity index (χ4v) is 2.48. The molecule has 22 heavy (non-hydrogen) atoms. The van der Waals surface area contributed by atoms with Crippen molar-refractivity contribution in [2.45, 2.75) is 19.8 Å². The van der Waals surface area contributed by atoms with Gasteiger partial charge in [-0.1, -0.05) is 13.0 Å². The number of anilines is 1. The molecule has 1 fully saturated rings. The summed E-state index contributed by atoms with van der Waals surface area (Å²) >= 11 is 0. The number of nitrogens with one attached hydrogen (secondary N) is 3. The highest BCUT2D eigenvalue weighted by atomic mass is 35.5. The van der Waals surface area contributed by atoms with Crippen LogP contribution in [0.5, 0.6) is 0 Å². The highest BCUT2D eigenvalue weighted by Gasteiger charge is 2.27. The molecule has 0 aromatic heterocycles. The number of urea groups is 1. The first kappa shape index (κ1) is 18.3. The molecule has 3 amide bonds. The van der Waals surface area contributed by atoms with Crippen LogP contribution < -0.4 is 21.7 Å². The average molecular weight is 327 g/mol. The molecular weight excluding hydrogens is 304 g/mol. The third kappa shape index (κ3) is 5.20. The van der Waals surface area contributed by atoms with E-state index in [0.29, 0.717) is 17.8 Å². The number of hydrogen-bond donors (Lipinski definition) is 4. The summed E-state index contributed by atoms with van der Waals surface area (Å²) in [6.07, 6.45) is 2.10. The Hall–Kier alpha value is -1.79. The van der Waals surface area contributed by atoms with Crippen LogP contribution in [0.25, 0.3) is 0 Å². The van der Waals surface area contributed by atoms with Crippen LogP contribution in [0.15, 0.2) is 24.3 Å². The van der Waals surface area contributed by atoms with E-state index in [-0.39, 0.29) is 23.7 Å². The van der Waals surface area contributed by atoms with Crippen LogP contribution in [-0.2, 0) is 0 Å². The van der Waals surface area contributed by atoms with Crippen molar-refractivity contribution in [1.29, 1.82) is 0 Å². The summed E-state index contributed by atoms with van der Waals surface area (Å²) in [4.78, 5) is 23.0. The molecule has 6 nitrogen and oxygen atoms in total. The quantitative estimate of drug-likeness (QED) is 0.678. The number of hydrogen-bond acceptors (Lipinski definition) is 3. The Bertz CT molecular complexity index is 530. The lowest BCUT2D eigenvalue weighted by Gasteiger charge is -2.34. The lowest BCUT2D eigenvalue weighted by molar-refractivity contribution is 0.0922. The summed E-state index contributed by atoms with van der Waals surface area (Å²) in [5.41, 5.74) is 6.24. The summed E-state index contributed by atoms with van der Waals surface area (Å²) in [5, 5.41) is 8.76. The molecule has 1 aromatic carbocycles. The van der Waals surface area contributed by atoms with Crippen LogP contribution in [0.4, 0.5) is 10.5 Å². The van der Waals surface area contributed by atoms with Crippen LogP contribution in [-0.4, -0.2) is 31.6 Å². The Morgan fingerprint density at radius 2 is 2.00 bits per heavy atom. The van der Waals surface area contributed by atoms with Crippen molar-refractivity contribution in [3.63, 3.8) is 0 Å². The van der Waals surface area contributed by atoms with Crippen molar-refractivity contribution >= 4 is 30.0 Å². The first-order chi connectivity index (χ1) is 9.98. The summed E-state index contributed by atoms with van der Waals surface area (Å²) in [6.45, 7) is 4.83. The molecule has 2 rings (SSSR count). The fraction of sp³-hybridized carbons (Fsp3) is 0.467. The molecule has 0 radical (unpaired) electrons. The van der Waals surface area contributed by atoms with Gasteiger partial charge in [0, 0.05) is 17.8 Å². The van der Waals surface area contributed by atoms with Gasteiger partial charge in [0.15, 0.2) is 0 Å². The summed E-state index contributed by atoms with van der Waals surface area (Å²) in [7, 11) is 0. The molecule has 7 heteroatoms. The highest BCUT2D eigenvalue weighted by molar-refractivity contribution is 5.96. The number of piperidine rings is 1. The maximum Gasteiger partial charge on any atom is 0.316 e. The van der Waals surface area contributed by atoms with Crippen molar-refractivity contribution < 1.29 is 9.59 Å². The number of halogens is 1. The van der Waals surface area contributed by atoms with E-state index in [4.69, 9.17) is 5.73 Å². The number of nitrogens with two attached hydrogens (primary N) is 1. The maximum atomic E-state index is 12.2. The standard InChI is InChI=1S/C15H22N4O2.ClH/c1-15(5-7-17-8-6-15)10-18-13(20)11-3-2-4-12(9-11)19-14(16)21;/h2-4,9,17H,5-8,10H2,1H3,(H,18,20)(H3,16,19,21);1H. The first-order valence-electron chi connectivity index (χ1n) is 7.14. The second-order valence-electron chi connectivity index (χ2n) is 5.81. The summed E-state index contributed by atoms with van der Waals surface area (Å²) in [6, 6.07) is 6.09. The number of amides is 3. The Labute approximate surface area is 136 Å². The maximum absolute atomic E-state index is 12.2. The highest BCUT2D eigenvalue weighted by Crippen LogP contribution is 2.26. The smallest absolute Gasteiger partial charge is 0.316 e. The van der Waals surface area contributed by atoms with Crippen molar-refractivity contribution in [1.82, 2.24) is 10.6 Å². The molecule has 1 saturated heterocycles. The zero-order valence-corrected chi connectivity index (χ0v) is 13.5. The van der Waals surface area contributed by atoms with E-state index in [1.165, 1.54) is 0 Å². The van der Waals surface area contributed by atoms with E-state index < -0.39 is 6.03 Å². The third-order valence-corrected chi connectivity index (χ3v) is 3.88. The van der Waals surface area contributed by atoms with E-state index in [1.54, 1.807) is 24.3 Å². The van der Waals surface area contributed by atoms with Crippen LogP contribution in [0.2, 0.25) is 0 Å². The molecule has 0 bridgehead atoms. The van der Waals surface area contributed by atoms with Gasteiger partial charge in [0.1, 0.15) is 0 Å². The van der Waals surface area contributed by atoms with Crippen molar-refractivity contribution in [2.75, 3.05) is 25.0 Å². The molecule has 1 aliphatic heterocycles. The van der Waals surface area contributed by atoms with E-state index in [0.717, 1.165) is 25.9 Å². The van der Waals surface area contributed by atoms with Gasteiger partial charge in [-0.25, -0.2) is 4.79 Å². The Kier molecular flexibility index (Phi) is 6.64. The predicted octanol–water partition coefficient (Wildman–Crippen LogP) is 1.72. The van der Waals surface area contributed by atoms with Crippen LogP contribution in [0.3, 0.4) is 0 Å². The van der Waals surface area contributed by atoms with Crippen molar-refractivity contribution in [3.8, 4) is 0 Å². The van der Waals surface area contributed by atoms with Crippen LogP contribution in [0.1, 0.15) is 30.1 Å². The normalized spacial score (nSPS) is 16.2. The molecular formula is C15H23ClN4O2. The Morgan fingerprint density at radius 3 is 2.64 bits per heavy atom.